The van der Waals surface area contributed by atoms with E-state index in [9.17, 15) is 13.6 Å². The summed E-state index contributed by atoms with van der Waals surface area (Å²) < 4.78 is 27.1. The number of nitrogens with one attached hydrogen (secondary N) is 3. The number of carbonyl (C=O) groups is 1. The van der Waals surface area contributed by atoms with E-state index >= 15 is 0 Å². The maximum atomic E-state index is 13.6. The lowest BCUT2D eigenvalue weighted by molar-refractivity contribution is -0.120. The van der Waals surface area contributed by atoms with Crippen LogP contribution in [-0.4, -0.2) is 29.5 Å². The van der Waals surface area contributed by atoms with Gasteiger partial charge < -0.3 is 16.0 Å². The number of carbonyl (C=O) groups excluding carboxylic acids is 1. The summed E-state index contributed by atoms with van der Waals surface area (Å²) in [6, 6.07) is 0.745. The van der Waals surface area contributed by atoms with Crippen LogP contribution in [0, 0.1) is 11.6 Å². The zero-order valence-corrected chi connectivity index (χ0v) is 12.8. The van der Waals surface area contributed by atoms with Crippen LogP contribution in [0.1, 0.15) is 34.1 Å². The summed E-state index contributed by atoms with van der Waals surface area (Å²) in [6.45, 7) is 7.83. The second-order valence-corrected chi connectivity index (χ2v) is 5.73. The van der Waals surface area contributed by atoms with Gasteiger partial charge in [-0.05, 0) is 27.2 Å². The molecule has 0 aliphatic heterocycles. The Balaban J connectivity index is 2.72. The van der Waals surface area contributed by atoms with Crippen LogP contribution in [0.5, 0.6) is 0 Å². The first-order valence-electron chi connectivity index (χ1n) is 6.87. The molecule has 21 heavy (non-hydrogen) atoms. The molecular weight excluding hydrogens is 278 g/mol. The lowest BCUT2D eigenvalue weighted by Crippen LogP contribution is -2.43. The number of pyridine rings is 1. The van der Waals surface area contributed by atoms with Crippen molar-refractivity contribution in [3.8, 4) is 0 Å². The minimum Gasteiger partial charge on any atom is -0.368 e. The quantitative estimate of drug-likeness (QED) is 0.755. The third-order valence-corrected chi connectivity index (χ3v) is 2.40. The monoisotopic (exact) mass is 300 g/mol. The van der Waals surface area contributed by atoms with Crippen LogP contribution in [0.4, 0.5) is 20.4 Å². The second-order valence-electron chi connectivity index (χ2n) is 5.73. The molecule has 0 saturated heterocycles. The number of halogens is 2. The molecule has 0 radical (unpaired) electrons. The molecule has 0 saturated carbocycles. The first kappa shape index (κ1) is 17.1. The molecule has 0 aliphatic rings. The van der Waals surface area contributed by atoms with Gasteiger partial charge in [0.2, 0.25) is 5.91 Å². The lowest BCUT2D eigenvalue weighted by Gasteiger charge is -2.20. The maximum Gasteiger partial charge on any atom is 0.239 e. The van der Waals surface area contributed by atoms with E-state index in [1.165, 1.54) is 0 Å². The van der Waals surface area contributed by atoms with Gasteiger partial charge in [0.1, 0.15) is 0 Å². The maximum absolute atomic E-state index is 13.6. The van der Waals surface area contributed by atoms with E-state index in [0.29, 0.717) is 6.54 Å². The topological polar surface area (TPSA) is 66.0 Å². The number of rotatable bonds is 6. The van der Waals surface area contributed by atoms with Gasteiger partial charge in [-0.1, -0.05) is 6.92 Å². The summed E-state index contributed by atoms with van der Waals surface area (Å²) >= 11 is 0. The molecule has 0 atom stereocenters. The van der Waals surface area contributed by atoms with Crippen LogP contribution >= 0.6 is 0 Å². The van der Waals surface area contributed by atoms with Gasteiger partial charge in [-0.15, -0.1) is 0 Å². The molecule has 5 nitrogen and oxygen atoms in total. The van der Waals surface area contributed by atoms with E-state index in [1.807, 2.05) is 27.7 Å². The van der Waals surface area contributed by atoms with Gasteiger partial charge in [0.25, 0.3) is 0 Å². The molecule has 1 aromatic heterocycles. The van der Waals surface area contributed by atoms with Crippen LogP contribution < -0.4 is 16.0 Å². The molecule has 7 heteroatoms. The first-order valence-corrected chi connectivity index (χ1v) is 6.87. The Morgan fingerprint density at radius 2 is 1.76 bits per heavy atom. The Morgan fingerprint density at radius 1 is 1.19 bits per heavy atom. The van der Waals surface area contributed by atoms with Gasteiger partial charge in [0.15, 0.2) is 23.3 Å². The fourth-order valence-electron chi connectivity index (χ4n) is 1.58. The van der Waals surface area contributed by atoms with Gasteiger partial charge in [-0.3, -0.25) is 4.79 Å². The van der Waals surface area contributed by atoms with Crippen molar-refractivity contribution in [2.24, 2.45) is 0 Å². The molecule has 0 aliphatic carbocycles. The van der Waals surface area contributed by atoms with Crippen LogP contribution in [0.2, 0.25) is 0 Å². The van der Waals surface area contributed by atoms with Crippen LogP contribution in [0.3, 0.4) is 0 Å². The summed E-state index contributed by atoms with van der Waals surface area (Å²) in [5.74, 6) is -2.07. The van der Waals surface area contributed by atoms with E-state index in [-0.39, 0.29) is 29.6 Å². The normalized spacial score (nSPS) is 11.1. The first-order chi connectivity index (χ1) is 9.73. The highest BCUT2D eigenvalue weighted by Gasteiger charge is 2.15. The number of hydrogen-bond acceptors (Lipinski definition) is 4. The zero-order valence-electron chi connectivity index (χ0n) is 12.8. The van der Waals surface area contributed by atoms with Crippen molar-refractivity contribution in [1.29, 1.82) is 0 Å². The van der Waals surface area contributed by atoms with Crippen LogP contribution in [-0.2, 0) is 4.79 Å². The molecule has 0 fully saturated rings. The van der Waals surface area contributed by atoms with Crippen molar-refractivity contribution in [1.82, 2.24) is 10.3 Å². The number of anilines is 2. The minimum absolute atomic E-state index is 0.0306. The van der Waals surface area contributed by atoms with E-state index in [0.717, 1.165) is 12.5 Å². The van der Waals surface area contributed by atoms with E-state index in [1.54, 1.807) is 0 Å². The standard InChI is InChI=1S/C14H22F2N4O/c1-5-6-17-12-9(15)7-10(16)13(19-12)18-8-11(21)20-14(2,3)4/h7H,5-6,8H2,1-4H3,(H,20,21)(H2,17,18,19). The van der Waals surface area contributed by atoms with E-state index in [4.69, 9.17) is 0 Å². The van der Waals surface area contributed by atoms with Crippen molar-refractivity contribution in [3.05, 3.63) is 17.7 Å². The fraction of sp³-hybridized carbons (Fsp3) is 0.571. The van der Waals surface area contributed by atoms with E-state index < -0.39 is 11.6 Å². The Morgan fingerprint density at radius 3 is 2.29 bits per heavy atom. The Labute approximate surface area is 123 Å². The highest BCUT2D eigenvalue weighted by molar-refractivity contribution is 5.81. The number of nitrogens with zero attached hydrogens (tertiary/aromatic N) is 1. The van der Waals surface area contributed by atoms with Crippen LogP contribution in [0.15, 0.2) is 6.07 Å². The van der Waals surface area contributed by atoms with Crippen LogP contribution in [0.25, 0.3) is 0 Å². The summed E-state index contributed by atoms with van der Waals surface area (Å²) in [6.07, 6.45) is 0.787. The third kappa shape index (κ3) is 5.93. The molecule has 1 amide bonds. The molecule has 3 N–H and O–H groups in total. The molecule has 1 heterocycles. The van der Waals surface area contributed by atoms with Crippen molar-refractivity contribution >= 4 is 17.5 Å². The summed E-state index contributed by atoms with van der Waals surface area (Å²) in [5.41, 5.74) is -0.374. The second kappa shape index (κ2) is 7.19. The molecule has 0 bridgehead atoms. The van der Waals surface area contributed by atoms with E-state index in [2.05, 4.69) is 20.9 Å². The summed E-state index contributed by atoms with van der Waals surface area (Å²) in [5, 5.41) is 8.07. The van der Waals surface area contributed by atoms with Crippen molar-refractivity contribution < 1.29 is 13.6 Å². The summed E-state index contributed by atoms with van der Waals surface area (Å²) in [4.78, 5) is 15.5. The molecule has 1 rings (SSSR count). The van der Waals surface area contributed by atoms with Gasteiger partial charge >= 0.3 is 0 Å². The molecule has 0 spiro atoms. The smallest absolute Gasteiger partial charge is 0.239 e. The molecular formula is C14H22F2N4O. The van der Waals surface area contributed by atoms with Crippen molar-refractivity contribution in [3.63, 3.8) is 0 Å². The molecule has 0 aromatic carbocycles. The highest BCUT2D eigenvalue weighted by atomic mass is 19.1. The Bertz CT molecular complexity index is 500. The largest absolute Gasteiger partial charge is 0.368 e. The third-order valence-electron chi connectivity index (χ3n) is 2.40. The SMILES string of the molecule is CCCNc1nc(NCC(=O)NC(C)(C)C)c(F)cc1F. The van der Waals surface area contributed by atoms with Gasteiger partial charge in [0, 0.05) is 18.2 Å². The average molecular weight is 300 g/mol. The number of hydrogen-bond donors (Lipinski definition) is 3. The minimum atomic E-state index is -0.835. The zero-order chi connectivity index (χ0) is 16.0. The predicted molar refractivity (Wildman–Crippen MR) is 79.3 cm³/mol. The summed E-state index contributed by atoms with van der Waals surface area (Å²) in [7, 11) is 0. The van der Waals surface area contributed by atoms with Crippen molar-refractivity contribution in [2.75, 3.05) is 23.7 Å². The Kier molecular flexibility index (Phi) is 5.87. The molecule has 1 aromatic rings. The highest BCUT2D eigenvalue weighted by Crippen LogP contribution is 2.18. The molecule has 118 valence electrons. The lowest BCUT2D eigenvalue weighted by atomic mass is 10.1. The Hall–Kier alpha value is -1.92. The van der Waals surface area contributed by atoms with Gasteiger partial charge in [-0.2, -0.15) is 0 Å². The van der Waals surface area contributed by atoms with Crippen molar-refractivity contribution in [2.45, 2.75) is 39.7 Å². The molecule has 0 unspecified atom stereocenters. The predicted octanol–water partition coefficient (Wildman–Crippen LogP) is 2.51. The number of amides is 1. The number of aromatic nitrogens is 1. The van der Waals surface area contributed by atoms with Gasteiger partial charge in [-0.25, -0.2) is 13.8 Å². The average Bonchev–Trinajstić information content (AvgIpc) is 2.34. The fourth-order valence-corrected chi connectivity index (χ4v) is 1.58. The van der Waals surface area contributed by atoms with Gasteiger partial charge in [0.05, 0.1) is 6.54 Å².